The van der Waals surface area contributed by atoms with Crippen molar-refractivity contribution < 1.29 is 5.11 Å². The minimum Gasteiger partial charge on any atom is -0.507 e. The van der Waals surface area contributed by atoms with E-state index in [4.69, 9.17) is 0 Å². The van der Waals surface area contributed by atoms with E-state index in [1.165, 1.54) is 37.8 Å². The van der Waals surface area contributed by atoms with Crippen molar-refractivity contribution in [3.05, 3.63) is 28.5 Å². The van der Waals surface area contributed by atoms with Gasteiger partial charge in [0.2, 0.25) is 0 Å². The summed E-state index contributed by atoms with van der Waals surface area (Å²) in [7, 11) is 0. The number of aromatic nitrogens is 2. The molecular weight excluding hydrogens is 366 g/mol. The molecule has 3 heterocycles. The van der Waals surface area contributed by atoms with E-state index < -0.39 is 0 Å². The summed E-state index contributed by atoms with van der Waals surface area (Å²) in [6.45, 7) is 8.22. The molecule has 24 heavy (non-hydrogen) atoms. The Bertz CT molecular complexity index is 769. The Labute approximate surface area is 151 Å². The van der Waals surface area contributed by atoms with Crippen LogP contribution in [0.25, 0.3) is 5.52 Å². The SMILES string of the molecule is CC(C)(C)C1NCC12CCC(c1cnn3ccc(O)c(Br)c13)CC2. The van der Waals surface area contributed by atoms with Crippen molar-refractivity contribution in [2.24, 2.45) is 10.8 Å². The Morgan fingerprint density at radius 1 is 1.33 bits per heavy atom. The van der Waals surface area contributed by atoms with Crippen molar-refractivity contribution in [2.45, 2.75) is 58.4 Å². The van der Waals surface area contributed by atoms with Crippen molar-refractivity contribution in [2.75, 3.05) is 6.54 Å². The van der Waals surface area contributed by atoms with Crippen LogP contribution in [0.2, 0.25) is 0 Å². The van der Waals surface area contributed by atoms with Gasteiger partial charge < -0.3 is 10.4 Å². The lowest BCUT2D eigenvalue weighted by Gasteiger charge is -2.59. The van der Waals surface area contributed by atoms with Crippen molar-refractivity contribution in [1.29, 1.82) is 0 Å². The van der Waals surface area contributed by atoms with E-state index in [1.807, 2.05) is 16.9 Å². The van der Waals surface area contributed by atoms with E-state index in [0.29, 0.717) is 22.8 Å². The Kier molecular flexibility index (Phi) is 3.73. The summed E-state index contributed by atoms with van der Waals surface area (Å²) < 4.78 is 2.63. The Morgan fingerprint density at radius 2 is 2.04 bits per heavy atom. The topological polar surface area (TPSA) is 49.6 Å². The third kappa shape index (κ3) is 2.39. The molecule has 2 aromatic rings. The van der Waals surface area contributed by atoms with Crippen molar-refractivity contribution in [3.8, 4) is 5.75 Å². The first-order chi connectivity index (χ1) is 11.3. The molecule has 4 nitrogen and oxygen atoms in total. The summed E-state index contributed by atoms with van der Waals surface area (Å²) in [4.78, 5) is 0. The van der Waals surface area contributed by atoms with Crippen LogP contribution >= 0.6 is 15.9 Å². The van der Waals surface area contributed by atoms with Gasteiger partial charge in [-0.05, 0) is 64.4 Å². The van der Waals surface area contributed by atoms with Crippen molar-refractivity contribution in [1.82, 2.24) is 14.9 Å². The molecule has 2 fully saturated rings. The Hall–Kier alpha value is -1.07. The number of hydrogen-bond acceptors (Lipinski definition) is 3. The Balaban J connectivity index is 1.58. The molecule has 1 unspecified atom stereocenters. The first-order valence-corrected chi connectivity index (χ1v) is 9.69. The van der Waals surface area contributed by atoms with Gasteiger partial charge in [0.25, 0.3) is 0 Å². The minimum atomic E-state index is 0.285. The van der Waals surface area contributed by atoms with E-state index >= 15 is 0 Å². The highest BCUT2D eigenvalue weighted by molar-refractivity contribution is 9.10. The number of pyridine rings is 1. The number of hydrogen-bond donors (Lipinski definition) is 2. The molecule has 2 aliphatic rings. The first-order valence-electron chi connectivity index (χ1n) is 8.90. The van der Waals surface area contributed by atoms with Gasteiger partial charge in [0.1, 0.15) is 5.75 Å². The highest BCUT2D eigenvalue weighted by atomic mass is 79.9. The highest BCUT2D eigenvalue weighted by Crippen LogP contribution is 2.53. The van der Waals surface area contributed by atoms with Gasteiger partial charge in [0.05, 0.1) is 16.2 Å². The van der Waals surface area contributed by atoms with Gasteiger partial charge in [-0.3, -0.25) is 0 Å². The number of nitrogens with zero attached hydrogens (tertiary/aromatic N) is 2. The second-order valence-electron chi connectivity index (χ2n) is 8.72. The molecule has 0 aromatic carbocycles. The molecule has 1 aliphatic heterocycles. The number of rotatable bonds is 1. The van der Waals surface area contributed by atoms with E-state index in [0.717, 1.165) is 9.99 Å². The zero-order chi connectivity index (χ0) is 17.1. The monoisotopic (exact) mass is 391 g/mol. The molecule has 4 rings (SSSR count). The smallest absolute Gasteiger partial charge is 0.133 e. The normalized spacial score (nSPS) is 30.7. The van der Waals surface area contributed by atoms with Crippen molar-refractivity contribution in [3.63, 3.8) is 0 Å². The van der Waals surface area contributed by atoms with Gasteiger partial charge >= 0.3 is 0 Å². The molecule has 130 valence electrons. The molecule has 2 N–H and O–H groups in total. The molecule has 0 bridgehead atoms. The molecule has 1 saturated carbocycles. The van der Waals surface area contributed by atoms with Crippen LogP contribution < -0.4 is 5.32 Å². The predicted octanol–water partition coefficient (Wildman–Crippen LogP) is 4.46. The third-order valence-electron chi connectivity index (χ3n) is 6.19. The Morgan fingerprint density at radius 3 is 2.62 bits per heavy atom. The highest BCUT2D eigenvalue weighted by Gasteiger charge is 2.52. The lowest BCUT2D eigenvalue weighted by atomic mass is 9.56. The fourth-order valence-electron chi connectivity index (χ4n) is 5.04. The van der Waals surface area contributed by atoms with Crippen LogP contribution in [0.5, 0.6) is 5.75 Å². The van der Waals surface area contributed by atoms with Gasteiger partial charge in [0.15, 0.2) is 0 Å². The summed E-state index contributed by atoms with van der Waals surface area (Å²) >= 11 is 3.54. The van der Waals surface area contributed by atoms with E-state index in [2.05, 4.69) is 47.1 Å². The summed E-state index contributed by atoms with van der Waals surface area (Å²) in [5, 5.41) is 18.2. The summed E-state index contributed by atoms with van der Waals surface area (Å²) in [5.41, 5.74) is 3.10. The molecule has 0 radical (unpaired) electrons. The molecule has 1 aliphatic carbocycles. The fourth-order valence-corrected chi connectivity index (χ4v) is 5.58. The maximum Gasteiger partial charge on any atom is 0.133 e. The van der Waals surface area contributed by atoms with Crippen LogP contribution in [-0.2, 0) is 0 Å². The largest absolute Gasteiger partial charge is 0.507 e. The molecule has 5 heteroatoms. The number of aromatic hydroxyl groups is 1. The second kappa shape index (κ2) is 5.46. The fraction of sp³-hybridized carbons (Fsp3) is 0.632. The van der Waals surface area contributed by atoms with Crippen LogP contribution in [0.15, 0.2) is 22.9 Å². The second-order valence-corrected chi connectivity index (χ2v) is 9.52. The third-order valence-corrected chi connectivity index (χ3v) is 6.97. The molecule has 1 spiro atoms. The van der Waals surface area contributed by atoms with Gasteiger partial charge in [-0.1, -0.05) is 20.8 Å². The standard InChI is InChI=1S/C19H26BrN3O/c1-18(2,3)17-19(11-21-17)7-4-12(5-8-19)13-10-22-23-9-6-14(24)15(20)16(13)23/h6,9-10,12,17,21,24H,4-5,7-8,11H2,1-3H3. The van der Waals surface area contributed by atoms with Gasteiger partial charge in [-0.25, -0.2) is 4.52 Å². The number of fused-ring (bicyclic) bond motifs is 1. The maximum absolute atomic E-state index is 10.0. The molecule has 1 atom stereocenters. The molecular formula is C19H26BrN3O. The summed E-state index contributed by atoms with van der Waals surface area (Å²) in [5.74, 6) is 0.819. The number of nitrogens with one attached hydrogen (secondary N) is 1. The summed E-state index contributed by atoms with van der Waals surface area (Å²) in [6.07, 6.45) is 8.79. The lowest BCUT2D eigenvalue weighted by molar-refractivity contribution is -0.0273. The lowest BCUT2D eigenvalue weighted by Crippen LogP contribution is -2.68. The molecule has 0 amide bonds. The van der Waals surface area contributed by atoms with Crippen molar-refractivity contribution >= 4 is 21.4 Å². The zero-order valence-corrected chi connectivity index (χ0v) is 16.2. The van der Waals surface area contributed by atoms with Crippen LogP contribution in [0.1, 0.15) is 57.9 Å². The van der Waals surface area contributed by atoms with E-state index in [1.54, 1.807) is 6.07 Å². The molecule has 2 aromatic heterocycles. The number of halogens is 1. The summed E-state index contributed by atoms with van der Waals surface area (Å²) in [6, 6.07) is 2.31. The minimum absolute atomic E-state index is 0.285. The van der Waals surface area contributed by atoms with Crippen LogP contribution in [0, 0.1) is 10.8 Å². The van der Waals surface area contributed by atoms with Gasteiger partial charge in [-0.2, -0.15) is 5.10 Å². The van der Waals surface area contributed by atoms with E-state index in [-0.39, 0.29) is 5.75 Å². The van der Waals surface area contributed by atoms with Crippen LogP contribution in [-0.4, -0.2) is 27.3 Å². The van der Waals surface area contributed by atoms with Crippen LogP contribution in [0.3, 0.4) is 0 Å². The van der Waals surface area contributed by atoms with Crippen LogP contribution in [0.4, 0.5) is 0 Å². The average Bonchev–Trinajstić information content (AvgIpc) is 2.93. The van der Waals surface area contributed by atoms with Gasteiger partial charge in [-0.15, -0.1) is 0 Å². The maximum atomic E-state index is 10.0. The molecule has 1 saturated heterocycles. The first kappa shape index (κ1) is 16.4. The quantitative estimate of drug-likeness (QED) is 0.753. The zero-order valence-electron chi connectivity index (χ0n) is 14.6. The average molecular weight is 392 g/mol. The van der Waals surface area contributed by atoms with E-state index in [9.17, 15) is 5.11 Å². The van der Waals surface area contributed by atoms with Gasteiger partial charge in [0, 0.05) is 24.3 Å². The predicted molar refractivity (Wildman–Crippen MR) is 99.4 cm³/mol.